The van der Waals surface area contributed by atoms with Gasteiger partial charge in [-0.25, -0.2) is 12.8 Å². The SMILES string of the molecule is Cc1c(C)c(C)c(S(=O)(=O)Nc2cc(F)cc(N3CCOCC3)c2)c(C)c1C. The third-order valence-electron chi connectivity index (χ3n) is 5.71. The van der Waals surface area contributed by atoms with E-state index in [1.165, 1.54) is 12.1 Å². The lowest BCUT2D eigenvalue weighted by atomic mass is 9.95. The summed E-state index contributed by atoms with van der Waals surface area (Å²) in [5, 5.41) is 0. The molecule has 1 saturated heterocycles. The Balaban J connectivity index is 2.01. The highest BCUT2D eigenvalue weighted by Crippen LogP contribution is 2.31. The van der Waals surface area contributed by atoms with Crippen LogP contribution in [0.2, 0.25) is 0 Å². The van der Waals surface area contributed by atoms with Gasteiger partial charge in [0.1, 0.15) is 5.82 Å². The maximum Gasteiger partial charge on any atom is 0.262 e. The second-order valence-electron chi connectivity index (χ2n) is 7.36. The quantitative estimate of drug-likeness (QED) is 0.834. The van der Waals surface area contributed by atoms with Gasteiger partial charge < -0.3 is 9.64 Å². The fraction of sp³-hybridized carbons (Fsp3) is 0.429. The molecule has 1 fully saturated rings. The number of benzene rings is 2. The molecular weight excluding hydrogens is 379 g/mol. The van der Waals surface area contributed by atoms with Gasteiger partial charge in [-0.1, -0.05) is 0 Å². The normalized spacial score (nSPS) is 15.0. The number of nitrogens with one attached hydrogen (secondary N) is 1. The summed E-state index contributed by atoms with van der Waals surface area (Å²) in [7, 11) is -3.86. The summed E-state index contributed by atoms with van der Waals surface area (Å²) < 4.78 is 48.5. The van der Waals surface area contributed by atoms with Crippen LogP contribution >= 0.6 is 0 Å². The molecule has 1 heterocycles. The summed E-state index contributed by atoms with van der Waals surface area (Å²) in [6.45, 7) is 11.9. The number of sulfonamides is 1. The molecule has 0 spiro atoms. The van der Waals surface area contributed by atoms with E-state index in [4.69, 9.17) is 4.74 Å². The van der Waals surface area contributed by atoms with Gasteiger partial charge in [0.2, 0.25) is 0 Å². The van der Waals surface area contributed by atoms with Crippen molar-refractivity contribution in [3.63, 3.8) is 0 Å². The maximum atomic E-state index is 14.2. The molecule has 0 aliphatic carbocycles. The second kappa shape index (κ2) is 7.72. The Kier molecular flexibility index (Phi) is 5.68. The van der Waals surface area contributed by atoms with Crippen LogP contribution in [0.5, 0.6) is 0 Å². The van der Waals surface area contributed by atoms with Gasteiger partial charge in [-0.15, -0.1) is 0 Å². The molecule has 0 saturated carbocycles. The van der Waals surface area contributed by atoms with Crippen molar-refractivity contribution >= 4 is 21.4 Å². The fourth-order valence-electron chi connectivity index (χ4n) is 3.71. The first-order valence-electron chi connectivity index (χ1n) is 9.35. The number of halogens is 1. The molecule has 152 valence electrons. The van der Waals surface area contributed by atoms with E-state index in [0.29, 0.717) is 32.0 Å². The molecule has 0 unspecified atom stereocenters. The summed E-state index contributed by atoms with van der Waals surface area (Å²) in [5.74, 6) is -0.480. The maximum absolute atomic E-state index is 14.2. The first-order valence-corrected chi connectivity index (χ1v) is 10.8. The van der Waals surface area contributed by atoms with Crippen molar-refractivity contribution in [1.82, 2.24) is 0 Å². The van der Waals surface area contributed by atoms with E-state index in [0.717, 1.165) is 27.8 Å². The van der Waals surface area contributed by atoms with Crippen LogP contribution in [0.15, 0.2) is 23.1 Å². The molecule has 2 aromatic rings. The molecule has 3 rings (SSSR count). The lowest BCUT2D eigenvalue weighted by Gasteiger charge is -2.29. The topological polar surface area (TPSA) is 58.6 Å². The zero-order valence-corrected chi connectivity index (χ0v) is 17.8. The molecule has 1 N–H and O–H groups in total. The van der Waals surface area contributed by atoms with Gasteiger partial charge in [0.15, 0.2) is 0 Å². The molecule has 0 radical (unpaired) electrons. The number of hydrogen-bond acceptors (Lipinski definition) is 4. The molecule has 7 heteroatoms. The Hall–Kier alpha value is -2.12. The van der Waals surface area contributed by atoms with E-state index in [9.17, 15) is 12.8 Å². The highest BCUT2D eigenvalue weighted by molar-refractivity contribution is 7.92. The fourth-order valence-corrected chi connectivity index (χ4v) is 5.35. The minimum Gasteiger partial charge on any atom is -0.378 e. The van der Waals surface area contributed by atoms with E-state index in [1.807, 2.05) is 39.5 Å². The van der Waals surface area contributed by atoms with E-state index in [1.54, 1.807) is 6.07 Å². The molecule has 28 heavy (non-hydrogen) atoms. The molecule has 5 nitrogen and oxygen atoms in total. The molecule has 0 aromatic heterocycles. The average molecular weight is 407 g/mol. The third-order valence-corrected chi connectivity index (χ3v) is 7.37. The third kappa shape index (κ3) is 3.86. The van der Waals surface area contributed by atoms with E-state index in [-0.39, 0.29) is 10.6 Å². The summed E-state index contributed by atoms with van der Waals surface area (Å²) in [6.07, 6.45) is 0. The Morgan fingerprint density at radius 1 is 0.893 bits per heavy atom. The summed E-state index contributed by atoms with van der Waals surface area (Å²) in [4.78, 5) is 2.26. The summed E-state index contributed by atoms with van der Waals surface area (Å²) >= 11 is 0. The van der Waals surface area contributed by atoms with Crippen LogP contribution in [0.4, 0.5) is 15.8 Å². The molecule has 0 atom stereocenters. The highest BCUT2D eigenvalue weighted by Gasteiger charge is 2.24. The van der Waals surface area contributed by atoms with Crippen molar-refractivity contribution in [2.75, 3.05) is 35.9 Å². The average Bonchev–Trinajstić information content (AvgIpc) is 2.64. The Morgan fingerprint density at radius 3 is 2.00 bits per heavy atom. The molecule has 0 bridgehead atoms. The Labute approximate surface area is 166 Å². The number of anilines is 2. The van der Waals surface area contributed by atoms with Crippen molar-refractivity contribution in [3.8, 4) is 0 Å². The van der Waals surface area contributed by atoms with Crippen LogP contribution in [-0.4, -0.2) is 34.7 Å². The second-order valence-corrected chi connectivity index (χ2v) is 8.98. The van der Waals surface area contributed by atoms with Crippen molar-refractivity contribution in [3.05, 3.63) is 51.8 Å². The van der Waals surface area contributed by atoms with Crippen LogP contribution in [0.1, 0.15) is 27.8 Å². The van der Waals surface area contributed by atoms with Crippen LogP contribution in [-0.2, 0) is 14.8 Å². The first-order chi connectivity index (χ1) is 13.1. The van der Waals surface area contributed by atoms with Crippen molar-refractivity contribution in [2.45, 2.75) is 39.5 Å². The first kappa shape index (κ1) is 20.6. The zero-order valence-electron chi connectivity index (χ0n) is 17.0. The molecular formula is C21H27FN2O3S. The predicted octanol–water partition coefficient (Wildman–Crippen LogP) is 4.01. The van der Waals surface area contributed by atoms with Gasteiger partial charge in [-0.3, -0.25) is 4.72 Å². The van der Waals surface area contributed by atoms with Crippen LogP contribution in [0, 0.1) is 40.4 Å². The van der Waals surface area contributed by atoms with Crippen LogP contribution in [0.3, 0.4) is 0 Å². The number of hydrogen-bond donors (Lipinski definition) is 1. The Morgan fingerprint density at radius 2 is 1.43 bits per heavy atom. The molecule has 2 aromatic carbocycles. The number of rotatable bonds is 4. The molecule has 1 aliphatic heterocycles. The van der Waals surface area contributed by atoms with Crippen molar-refractivity contribution in [1.29, 1.82) is 0 Å². The minimum atomic E-state index is -3.86. The lowest BCUT2D eigenvalue weighted by molar-refractivity contribution is 0.122. The lowest BCUT2D eigenvalue weighted by Crippen LogP contribution is -2.36. The van der Waals surface area contributed by atoms with Gasteiger partial charge in [0.05, 0.1) is 23.8 Å². The number of ether oxygens (including phenoxy) is 1. The largest absolute Gasteiger partial charge is 0.378 e. The van der Waals surface area contributed by atoms with Gasteiger partial charge >= 0.3 is 0 Å². The van der Waals surface area contributed by atoms with Gasteiger partial charge in [-0.2, -0.15) is 0 Å². The van der Waals surface area contributed by atoms with Crippen LogP contribution < -0.4 is 9.62 Å². The number of nitrogens with zero attached hydrogens (tertiary/aromatic N) is 1. The van der Waals surface area contributed by atoms with Gasteiger partial charge in [0, 0.05) is 18.8 Å². The summed E-state index contributed by atoms with van der Waals surface area (Å²) in [5.41, 5.74) is 5.31. The van der Waals surface area contributed by atoms with Crippen molar-refractivity contribution < 1.29 is 17.5 Å². The number of morpholine rings is 1. The molecule has 0 amide bonds. The Bertz CT molecular complexity index is 984. The van der Waals surface area contributed by atoms with Crippen molar-refractivity contribution in [2.24, 2.45) is 0 Å². The van der Waals surface area contributed by atoms with Crippen LogP contribution in [0.25, 0.3) is 0 Å². The highest BCUT2D eigenvalue weighted by atomic mass is 32.2. The minimum absolute atomic E-state index is 0.219. The van der Waals surface area contributed by atoms with Gasteiger partial charge in [0.25, 0.3) is 10.0 Å². The summed E-state index contributed by atoms with van der Waals surface area (Å²) in [6, 6.07) is 4.30. The predicted molar refractivity (Wildman–Crippen MR) is 110 cm³/mol. The standard InChI is InChI=1S/C21H27FN2O3S/c1-13-14(2)16(4)21(17(5)15(13)3)28(25,26)23-19-10-18(22)11-20(12-19)24-6-8-27-9-7-24/h10-12,23H,6-9H2,1-5H3. The zero-order chi connectivity index (χ0) is 20.6. The van der Waals surface area contributed by atoms with Gasteiger partial charge in [-0.05, 0) is 80.6 Å². The van der Waals surface area contributed by atoms with E-state index < -0.39 is 15.8 Å². The molecule has 1 aliphatic rings. The van der Waals surface area contributed by atoms with E-state index >= 15 is 0 Å². The smallest absolute Gasteiger partial charge is 0.262 e. The monoisotopic (exact) mass is 406 g/mol. The van der Waals surface area contributed by atoms with E-state index in [2.05, 4.69) is 4.72 Å².